The van der Waals surface area contributed by atoms with Gasteiger partial charge in [-0.25, -0.2) is 9.37 Å². The summed E-state index contributed by atoms with van der Waals surface area (Å²) in [5, 5.41) is 2.40. The molecule has 0 spiro atoms. The number of likely N-dealkylation sites (tertiary alicyclic amines) is 2. The van der Waals surface area contributed by atoms with E-state index in [1.165, 1.54) is 18.2 Å². The van der Waals surface area contributed by atoms with E-state index >= 15 is 0 Å². The summed E-state index contributed by atoms with van der Waals surface area (Å²) in [5.74, 6) is -0.417. The highest BCUT2D eigenvalue weighted by atomic mass is 35.5. The molecule has 8 heteroatoms. The Morgan fingerprint density at radius 1 is 1.11 bits per heavy atom. The van der Waals surface area contributed by atoms with E-state index in [0.29, 0.717) is 11.8 Å². The van der Waals surface area contributed by atoms with Gasteiger partial charge in [0.1, 0.15) is 11.5 Å². The number of rotatable bonds is 3. The summed E-state index contributed by atoms with van der Waals surface area (Å²) >= 11 is 5.73. The minimum atomic E-state index is -0.789. The molecule has 2 aliphatic heterocycles. The standard InChI is InChI=1S/C20H20ClFN4O2/c1-25-8-12-10-26(11-13(12)9-25)20(28)16-6-3-7-17(23-16)24-19(27)14-4-2-5-15(21)18(14)22/h2-7,12-13H,8-11H2,1H3,(H,23,24,27). The molecule has 0 radical (unpaired) electrons. The van der Waals surface area contributed by atoms with Crippen LogP contribution >= 0.6 is 11.6 Å². The monoisotopic (exact) mass is 402 g/mol. The molecule has 2 saturated heterocycles. The van der Waals surface area contributed by atoms with Crippen LogP contribution in [-0.2, 0) is 0 Å². The van der Waals surface area contributed by atoms with Gasteiger partial charge in [-0.1, -0.05) is 23.7 Å². The van der Waals surface area contributed by atoms with Crippen LogP contribution in [0.3, 0.4) is 0 Å². The van der Waals surface area contributed by atoms with Crippen LogP contribution in [0.25, 0.3) is 0 Å². The lowest BCUT2D eigenvalue weighted by atomic mass is 10.0. The van der Waals surface area contributed by atoms with Gasteiger partial charge in [0.05, 0.1) is 10.6 Å². The van der Waals surface area contributed by atoms with E-state index in [9.17, 15) is 14.0 Å². The molecule has 2 amide bonds. The second-order valence-corrected chi connectivity index (χ2v) is 7.82. The number of amides is 2. The Morgan fingerprint density at radius 2 is 1.79 bits per heavy atom. The first kappa shape index (κ1) is 18.8. The van der Waals surface area contributed by atoms with Crippen LogP contribution in [0, 0.1) is 17.7 Å². The first-order chi connectivity index (χ1) is 13.4. The van der Waals surface area contributed by atoms with Crippen LogP contribution in [0.15, 0.2) is 36.4 Å². The van der Waals surface area contributed by atoms with Crippen molar-refractivity contribution in [2.24, 2.45) is 11.8 Å². The van der Waals surface area contributed by atoms with Gasteiger partial charge in [0.15, 0.2) is 5.82 Å². The van der Waals surface area contributed by atoms with Crippen LogP contribution in [0.5, 0.6) is 0 Å². The number of carbonyl (C=O) groups is 2. The average Bonchev–Trinajstić information content (AvgIpc) is 3.21. The number of fused-ring (bicyclic) bond motifs is 1. The molecule has 3 heterocycles. The van der Waals surface area contributed by atoms with Crippen molar-refractivity contribution in [2.75, 3.05) is 38.5 Å². The Labute approximate surface area is 167 Å². The van der Waals surface area contributed by atoms with Crippen molar-refractivity contribution >= 4 is 29.2 Å². The molecule has 2 aromatic rings. The number of nitrogens with zero attached hydrogens (tertiary/aromatic N) is 3. The van der Waals surface area contributed by atoms with Crippen LogP contribution in [0.2, 0.25) is 5.02 Å². The van der Waals surface area contributed by atoms with Crippen molar-refractivity contribution in [1.82, 2.24) is 14.8 Å². The summed E-state index contributed by atoms with van der Waals surface area (Å²) in [4.78, 5) is 33.5. The van der Waals surface area contributed by atoms with Crippen LogP contribution in [-0.4, -0.2) is 59.8 Å². The maximum atomic E-state index is 14.0. The third-order valence-electron chi connectivity index (χ3n) is 5.36. The summed E-state index contributed by atoms with van der Waals surface area (Å²) in [7, 11) is 2.10. The molecule has 4 rings (SSSR count). The highest BCUT2D eigenvalue weighted by Gasteiger charge is 2.40. The number of pyridine rings is 1. The van der Waals surface area contributed by atoms with Crippen molar-refractivity contribution in [3.05, 3.63) is 58.5 Å². The molecule has 2 atom stereocenters. The number of halogens is 2. The Balaban J connectivity index is 1.47. The quantitative estimate of drug-likeness (QED) is 0.857. The fourth-order valence-corrected chi connectivity index (χ4v) is 4.22. The predicted octanol–water partition coefficient (Wildman–Crippen LogP) is 2.76. The number of nitrogens with one attached hydrogen (secondary N) is 1. The summed E-state index contributed by atoms with van der Waals surface area (Å²) in [6, 6.07) is 9.03. The lowest BCUT2D eigenvalue weighted by Crippen LogP contribution is -2.33. The average molecular weight is 403 g/mol. The topological polar surface area (TPSA) is 65.5 Å². The largest absolute Gasteiger partial charge is 0.337 e. The van der Waals surface area contributed by atoms with Gasteiger partial charge in [0.25, 0.3) is 11.8 Å². The zero-order chi connectivity index (χ0) is 19.8. The van der Waals surface area contributed by atoms with E-state index in [4.69, 9.17) is 11.6 Å². The predicted molar refractivity (Wildman–Crippen MR) is 104 cm³/mol. The molecule has 6 nitrogen and oxygen atoms in total. The third-order valence-corrected chi connectivity index (χ3v) is 5.65. The third kappa shape index (κ3) is 3.59. The first-order valence-electron chi connectivity index (χ1n) is 9.12. The van der Waals surface area contributed by atoms with Crippen molar-refractivity contribution in [3.63, 3.8) is 0 Å². The van der Waals surface area contributed by atoms with Crippen molar-refractivity contribution < 1.29 is 14.0 Å². The minimum absolute atomic E-state index is 0.130. The van der Waals surface area contributed by atoms with Crippen LogP contribution < -0.4 is 5.32 Å². The van der Waals surface area contributed by atoms with Crippen LogP contribution in [0.4, 0.5) is 10.2 Å². The van der Waals surface area contributed by atoms with Crippen molar-refractivity contribution in [3.8, 4) is 0 Å². The number of hydrogen-bond acceptors (Lipinski definition) is 4. The van der Waals surface area contributed by atoms with Gasteiger partial charge in [-0.15, -0.1) is 0 Å². The van der Waals surface area contributed by atoms with Crippen molar-refractivity contribution in [1.29, 1.82) is 0 Å². The van der Waals surface area contributed by atoms with E-state index in [1.54, 1.807) is 18.2 Å². The highest BCUT2D eigenvalue weighted by Crippen LogP contribution is 2.31. The van der Waals surface area contributed by atoms with E-state index in [0.717, 1.165) is 26.2 Å². The molecule has 1 N–H and O–H groups in total. The highest BCUT2D eigenvalue weighted by molar-refractivity contribution is 6.31. The molecule has 1 aromatic carbocycles. The zero-order valence-electron chi connectivity index (χ0n) is 15.4. The fourth-order valence-electron chi connectivity index (χ4n) is 4.04. The SMILES string of the molecule is CN1CC2CN(C(=O)c3cccc(NC(=O)c4cccc(Cl)c4F)n3)CC2C1. The molecular formula is C20H20ClFN4O2. The maximum absolute atomic E-state index is 14.0. The fraction of sp³-hybridized carbons (Fsp3) is 0.350. The number of aromatic nitrogens is 1. The van der Waals surface area contributed by atoms with Gasteiger partial charge < -0.3 is 15.1 Å². The first-order valence-corrected chi connectivity index (χ1v) is 9.50. The van der Waals surface area contributed by atoms with E-state index in [2.05, 4.69) is 22.2 Å². The minimum Gasteiger partial charge on any atom is -0.337 e. The second-order valence-electron chi connectivity index (χ2n) is 7.42. The van der Waals surface area contributed by atoms with Gasteiger partial charge in [-0.3, -0.25) is 9.59 Å². The number of anilines is 1. The van der Waals surface area contributed by atoms with E-state index in [1.807, 2.05) is 4.90 Å². The Hall–Kier alpha value is -2.51. The molecule has 146 valence electrons. The molecule has 0 bridgehead atoms. The summed E-state index contributed by atoms with van der Waals surface area (Å²) in [6.07, 6.45) is 0. The van der Waals surface area contributed by atoms with Crippen molar-refractivity contribution in [2.45, 2.75) is 0 Å². The summed E-state index contributed by atoms with van der Waals surface area (Å²) < 4.78 is 14.0. The van der Waals surface area contributed by atoms with Gasteiger partial charge in [0.2, 0.25) is 0 Å². The second kappa shape index (κ2) is 7.48. The van der Waals surface area contributed by atoms with Gasteiger partial charge in [-0.05, 0) is 43.1 Å². The Kier molecular flexibility index (Phi) is 5.03. The smallest absolute Gasteiger partial charge is 0.272 e. The molecular weight excluding hydrogens is 383 g/mol. The zero-order valence-corrected chi connectivity index (χ0v) is 16.1. The molecule has 2 fully saturated rings. The van der Waals surface area contributed by atoms with Gasteiger partial charge in [0, 0.05) is 26.2 Å². The molecule has 0 saturated carbocycles. The molecule has 0 aliphatic carbocycles. The lowest BCUT2D eigenvalue weighted by Gasteiger charge is -2.19. The molecule has 2 unspecified atom stereocenters. The number of benzene rings is 1. The Morgan fingerprint density at radius 3 is 2.50 bits per heavy atom. The number of carbonyl (C=O) groups excluding carboxylic acids is 2. The van der Waals surface area contributed by atoms with E-state index in [-0.39, 0.29) is 28.0 Å². The van der Waals surface area contributed by atoms with E-state index < -0.39 is 11.7 Å². The summed E-state index contributed by atoms with van der Waals surface area (Å²) in [5.41, 5.74) is 0.0835. The normalized spacial score (nSPS) is 21.6. The maximum Gasteiger partial charge on any atom is 0.272 e. The number of hydrogen-bond donors (Lipinski definition) is 1. The lowest BCUT2D eigenvalue weighted by molar-refractivity contribution is 0.0769. The molecule has 28 heavy (non-hydrogen) atoms. The summed E-state index contributed by atoms with van der Waals surface area (Å²) in [6.45, 7) is 3.45. The van der Waals surface area contributed by atoms with Gasteiger partial charge >= 0.3 is 0 Å². The molecule has 2 aliphatic rings. The van der Waals surface area contributed by atoms with Gasteiger partial charge in [-0.2, -0.15) is 0 Å². The Bertz CT molecular complexity index is 924. The molecule has 1 aromatic heterocycles. The van der Waals surface area contributed by atoms with Crippen LogP contribution in [0.1, 0.15) is 20.8 Å².